The van der Waals surface area contributed by atoms with Crippen molar-refractivity contribution in [3.8, 4) is 11.5 Å². The van der Waals surface area contributed by atoms with Crippen molar-refractivity contribution in [1.29, 1.82) is 0 Å². The van der Waals surface area contributed by atoms with Crippen molar-refractivity contribution in [2.24, 2.45) is 0 Å². The molecule has 7 nitrogen and oxygen atoms in total. The summed E-state index contributed by atoms with van der Waals surface area (Å²) < 4.78 is 36.3. The van der Waals surface area contributed by atoms with Crippen LogP contribution in [0, 0.1) is 0 Å². The van der Waals surface area contributed by atoms with Crippen LogP contribution in [-0.2, 0) is 14.8 Å². The lowest BCUT2D eigenvalue weighted by molar-refractivity contribution is -0.122. The van der Waals surface area contributed by atoms with Gasteiger partial charge in [0.1, 0.15) is 17.5 Å². The van der Waals surface area contributed by atoms with Gasteiger partial charge in [-0.25, -0.2) is 8.42 Å². The van der Waals surface area contributed by atoms with Crippen LogP contribution in [0.5, 0.6) is 11.5 Å². The first-order valence-electron chi connectivity index (χ1n) is 9.39. The highest BCUT2D eigenvalue weighted by atomic mass is 35.5. The van der Waals surface area contributed by atoms with E-state index in [-0.39, 0.29) is 16.8 Å². The van der Waals surface area contributed by atoms with Crippen LogP contribution >= 0.6 is 11.6 Å². The van der Waals surface area contributed by atoms with E-state index in [0.717, 1.165) is 16.1 Å². The summed E-state index contributed by atoms with van der Waals surface area (Å²) >= 11 is 6.16. The van der Waals surface area contributed by atoms with Gasteiger partial charge in [-0.3, -0.25) is 9.10 Å². The normalized spacial score (nSPS) is 13.3. The molecule has 0 aromatic heterocycles. The Hall–Kier alpha value is -2.45. The SMILES string of the molecule is CC[C@@H](NC(=O)[C@@H](C)N(c1ccc(OC)c(Cl)c1)S(C)(=O)=O)c1ccc(OC)cc1. The van der Waals surface area contributed by atoms with E-state index in [1.165, 1.54) is 20.1 Å². The van der Waals surface area contributed by atoms with Gasteiger partial charge in [0, 0.05) is 0 Å². The molecule has 0 aliphatic carbocycles. The first-order valence-corrected chi connectivity index (χ1v) is 11.6. The molecule has 0 spiro atoms. The summed E-state index contributed by atoms with van der Waals surface area (Å²) in [5.41, 5.74) is 1.18. The molecular weight excluding hydrogens is 428 g/mol. The fraction of sp³-hybridized carbons (Fsp3) is 0.381. The second kappa shape index (κ2) is 10.0. The molecule has 0 saturated carbocycles. The first kappa shape index (κ1) is 23.8. The lowest BCUT2D eigenvalue weighted by Crippen LogP contribution is -2.48. The largest absolute Gasteiger partial charge is 0.497 e. The highest BCUT2D eigenvalue weighted by Gasteiger charge is 2.30. The molecule has 1 amide bonds. The van der Waals surface area contributed by atoms with E-state index in [4.69, 9.17) is 21.1 Å². The van der Waals surface area contributed by atoms with Crippen molar-refractivity contribution in [2.75, 3.05) is 24.8 Å². The molecule has 0 aliphatic heterocycles. The maximum atomic E-state index is 13.0. The highest BCUT2D eigenvalue weighted by Crippen LogP contribution is 2.31. The molecule has 2 aromatic carbocycles. The molecule has 164 valence electrons. The van der Waals surface area contributed by atoms with Gasteiger partial charge in [-0.15, -0.1) is 0 Å². The number of amides is 1. The second-order valence-electron chi connectivity index (χ2n) is 6.80. The molecule has 2 aromatic rings. The molecule has 0 fully saturated rings. The van der Waals surface area contributed by atoms with Gasteiger partial charge in [-0.2, -0.15) is 0 Å². The lowest BCUT2D eigenvalue weighted by atomic mass is 10.0. The van der Waals surface area contributed by atoms with E-state index in [1.54, 1.807) is 19.2 Å². The van der Waals surface area contributed by atoms with Gasteiger partial charge in [0.25, 0.3) is 0 Å². The van der Waals surface area contributed by atoms with E-state index in [9.17, 15) is 13.2 Å². The number of carbonyl (C=O) groups excluding carboxylic acids is 1. The number of nitrogens with zero attached hydrogens (tertiary/aromatic N) is 1. The zero-order chi connectivity index (χ0) is 22.5. The number of hydrogen-bond acceptors (Lipinski definition) is 5. The number of halogens is 1. The molecule has 9 heteroatoms. The molecule has 0 bridgehead atoms. The third-order valence-electron chi connectivity index (χ3n) is 4.72. The molecule has 0 radical (unpaired) electrons. The van der Waals surface area contributed by atoms with Gasteiger partial charge >= 0.3 is 0 Å². The molecule has 0 heterocycles. The third-order valence-corrected chi connectivity index (χ3v) is 6.26. The van der Waals surface area contributed by atoms with E-state index >= 15 is 0 Å². The Morgan fingerprint density at radius 3 is 2.23 bits per heavy atom. The highest BCUT2D eigenvalue weighted by molar-refractivity contribution is 7.92. The maximum Gasteiger partial charge on any atom is 0.244 e. The average Bonchev–Trinajstić information content (AvgIpc) is 2.71. The van der Waals surface area contributed by atoms with Crippen molar-refractivity contribution in [3.63, 3.8) is 0 Å². The van der Waals surface area contributed by atoms with Crippen LogP contribution < -0.4 is 19.1 Å². The second-order valence-corrected chi connectivity index (χ2v) is 9.06. The number of ether oxygens (including phenoxy) is 2. The van der Waals surface area contributed by atoms with Crippen LogP contribution in [0.4, 0.5) is 5.69 Å². The Morgan fingerprint density at radius 1 is 1.13 bits per heavy atom. The van der Waals surface area contributed by atoms with E-state index < -0.39 is 22.0 Å². The summed E-state index contributed by atoms with van der Waals surface area (Å²) in [7, 11) is -0.706. The fourth-order valence-corrected chi connectivity index (χ4v) is 4.57. The van der Waals surface area contributed by atoms with E-state index in [0.29, 0.717) is 17.9 Å². The Kier molecular flexibility index (Phi) is 7.97. The van der Waals surface area contributed by atoms with Gasteiger partial charge in [-0.1, -0.05) is 30.7 Å². The van der Waals surface area contributed by atoms with Crippen LogP contribution in [0.2, 0.25) is 5.02 Å². The van der Waals surface area contributed by atoms with Gasteiger partial charge in [0.15, 0.2) is 0 Å². The van der Waals surface area contributed by atoms with Crippen LogP contribution in [0.3, 0.4) is 0 Å². The molecule has 0 saturated heterocycles. The lowest BCUT2D eigenvalue weighted by Gasteiger charge is -2.30. The summed E-state index contributed by atoms with van der Waals surface area (Å²) in [6.07, 6.45) is 1.69. The van der Waals surface area contributed by atoms with E-state index in [2.05, 4.69) is 5.32 Å². The number of carbonyl (C=O) groups is 1. The minimum Gasteiger partial charge on any atom is -0.497 e. The summed E-state index contributed by atoms with van der Waals surface area (Å²) in [6.45, 7) is 3.48. The van der Waals surface area contributed by atoms with Crippen LogP contribution in [0.1, 0.15) is 31.9 Å². The van der Waals surface area contributed by atoms with Crippen LogP contribution in [0.25, 0.3) is 0 Å². The van der Waals surface area contributed by atoms with Crippen molar-refractivity contribution in [1.82, 2.24) is 5.32 Å². The number of methoxy groups -OCH3 is 2. The summed E-state index contributed by atoms with van der Waals surface area (Å²) in [4.78, 5) is 13.0. The van der Waals surface area contributed by atoms with Gasteiger partial charge in [-0.05, 0) is 49.2 Å². The quantitative estimate of drug-likeness (QED) is 0.623. The molecule has 2 rings (SSSR count). The predicted octanol–water partition coefficient (Wildman–Crippen LogP) is 3.78. The summed E-state index contributed by atoms with van der Waals surface area (Å²) in [5, 5.41) is 3.19. The van der Waals surface area contributed by atoms with Crippen molar-refractivity contribution < 1.29 is 22.7 Å². The molecular formula is C21H27ClN2O5S. The Bertz CT molecular complexity index is 979. The molecule has 0 aliphatic rings. The Balaban J connectivity index is 2.29. The molecule has 2 atom stereocenters. The number of hydrogen-bond donors (Lipinski definition) is 1. The molecule has 0 unspecified atom stereocenters. The number of rotatable bonds is 9. The minimum atomic E-state index is -3.76. The zero-order valence-corrected chi connectivity index (χ0v) is 19.3. The molecule has 1 N–H and O–H groups in total. The van der Waals surface area contributed by atoms with Gasteiger partial charge in [0.2, 0.25) is 15.9 Å². The summed E-state index contributed by atoms with van der Waals surface area (Å²) in [6, 6.07) is 10.7. The van der Waals surface area contributed by atoms with Crippen molar-refractivity contribution >= 4 is 33.2 Å². The van der Waals surface area contributed by atoms with Gasteiger partial charge in [0.05, 0.1) is 37.2 Å². The van der Waals surface area contributed by atoms with E-state index in [1.807, 2.05) is 31.2 Å². The van der Waals surface area contributed by atoms with Crippen LogP contribution in [0.15, 0.2) is 42.5 Å². The average molecular weight is 455 g/mol. The van der Waals surface area contributed by atoms with Crippen molar-refractivity contribution in [2.45, 2.75) is 32.4 Å². The number of anilines is 1. The Labute approximate surface area is 183 Å². The summed E-state index contributed by atoms with van der Waals surface area (Å²) in [5.74, 6) is 0.708. The molecule has 30 heavy (non-hydrogen) atoms. The minimum absolute atomic E-state index is 0.251. The smallest absolute Gasteiger partial charge is 0.244 e. The monoisotopic (exact) mass is 454 g/mol. The predicted molar refractivity (Wildman–Crippen MR) is 119 cm³/mol. The number of nitrogens with one attached hydrogen (secondary N) is 1. The Morgan fingerprint density at radius 2 is 1.77 bits per heavy atom. The van der Waals surface area contributed by atoms with Crippen molar-refractivity contribution in [3.05, 3.63) is 53.1 Å². The van der Waals surface area contributed by atoms with Gasteiger partial charge < -0.3 is 14.8 Å². The maximum absolute atomic E-state index is 13.0. The topological polar surface area (TPSA) is 84.9 Å². The zero-order valence-electron chi connectivity index (χ0n) is 17.7. The van der Waals surface area contributed by atoms with Crippen LogP contribution in [-0.4, -0.2) is 40.8 Å². The third kappa shape index (κ3) is 5.58. The standard InChI is InChI=1S/C21H27ClN2O5S/c1-6-19(15-7-10-17(28-3)11-8-15)23-21(25)14(2)24(30(5,26)27)16-9-12-20(29-4)18(22)13-16/h7-14,19H,6H2,1-5H3,(H,23,25)/t14-,19-/m1/s1. The first-order chi connectivity index (χ1) is 14.1. The number of sulfonamides is 1. The fourth-order valence-electron chi connectivity index (χ4n) is 3.15. The number of benzene rings is 2.